The van der Waals surface area contributed by atoms with Gasteiger partial charge in [-0.3, -0.25) is 9.59 Å². The second kappa shape index (κ2) is 14.8. The second-order valence-electron chi connectivity index (χ2n) is 10.3. The van der Waals surface area contributed by atoms with Crippen molar-refractivity contribution in [3.8, 4) is 0 Å². The van der Waals surface area contributed by atoms with E-state index in [0.717, 1.165) is 19.3 Å². The maximum atomic E-state index is 13.3. The van der Waals surface area contributed by atoms with Gasteiger partial charge in [-0.2, -0.15) is 13.2 Å². The lowest BCUT2D eigenvalue weighted by Gasteiger charge is -2.23. The molecule has 3 N–H and O–H groups in total. The van der Waals surface area contributed by atoms with Gasteiger partial charge in [-0.05, 0) is 55.7 Å². The average Bonchev–Trinajstić information content (AvgIpc) is 2.84. The number of rotatable bonds is 14. The van der Waals surface area contributed by atoms with Gasteiger partial charge in [-0.15, -0.1) is 0 Å². The second-order valence-corrected chi connectivity index (χ2v) is 12.1. The summed E-state index contributed by atoms with van der Waals surface area (Å²) >= 11 is 0. The lowest BCUT2D eigenvalue weighted by atomic mass is 9.86. The van der Waals surface area contributed by atoms with Crippen molar-refractivity contribution in [2.75, 3.05) is 13.1 Å². The van der Waals surface area contributed by atoms with Crippen LogP contribution < -0.4 is 15.4 Å². The molecule has 0 spiro atoms. The van der Waals surface area contributed by atoms with Crippen LogP contribution in [0.3, 0.4) is 0 Å². The van der Waals surface area contributed by atoms with Crippen LogP contribution in [0.2, 0.25) is 0 Å². The highest BCUT2D eigenvalue weighted by Crippen LogP contribution is 2.34. The number of hydrogen-bond acceptors (Lipinski definition) is 4. The van der Waals surface area contributed by atoms with Crippen molar-refractivity contribution in [1.82, 2.24) is 15.4 Å². The largest absolute Gasteiger partial charge is 0.417 e. The summed E-state index contributed by atoms with van der Waals surface area (Å²) in [5, 5.41) is 5.58. The van der Waals surface area contributed by atoms with E-state index in [-0.39, 0.29) is 43.3 Å². The van der Waals surface area contributed by atoms with Crippen LogP contribution in [0.15, 0.2) is 23.1 Å². The molecule has 0 radical (unpaired) electrons. The molecular weight excluding hydrogens is 526 g/mol. The van der Waals surface area contributed by atoms with Crippen molar-refractivity contribution in [1.29, 1.82) is 0 Å². The summed E-state index contributed by atoms with van der Waals surface area (Å²) in [5.41, 5.74) is -1.57. The fourth-order valence-electron chi connectivity index (χ4n) is 4.61. The molecule has 1 fully saturated rings. The van der Waals surface area contributed by atoms with E-state index in [2.05, 4.69) is 15.4 Å². The Morgan fingerprint density at radius 1 is 1.05 bits per heavy atom. The number of amides is 2. The van der Waals surface area contributed by atoms with Crippen molar-refractivity contribution >= 4 is 21.8 Å². The van der Waals surface area contributed by atoms with Crippen molar-refractivity contribution in [2.24, 2.45) is 11.8 Å². The van der Waals surface area contributed by atoms with Crippen molar-refractivity contribution < 1.29 is 35.6 Å². The van der Waals surface area contributed by atoms with Crippen LogP contribution in [0, 0.1) is 17.7 Å². The van der Waals surface area contributed by atoms with Gasteiger partial charge in [-0.1, -0.05) is 46.0 Å². The summed E-state index contributed by atoms with van der Waals surface area (Å²) in [6.07, 6.45) is 3.18. The molecule has 0 aliphatic heterocycles. The number of carbonyl (C=O) groups excluding carboxylic acids is 2. The fraction of sp³-hybridized carbons (Fsp3) is 0.692. The molecule has 7 nitrogen and oxygen atoms in total. The molecule has 38 heavy (non-hydrogen) atoms. The first-order chi connectivity index (χ1) is 17.8. The van der Waals surface area contributed by atoms with Gasteiger partial charge in [0, 0.05) is 19.5 Å². The SMILES string of the molecule is CC(C)C[C@H](NC(=O)CCC1CCCCC1)C(=O)NCCCCNS(=O)(=O)c1ccc(F)cc1C(F)(F)F. The van der Waals surface area contributed by atoms with Crippen LogP contribution in [0.1, 0.15) is 83.6 Å². The number of unbranched alkanes of at least 4 members (excludes halogenated alkanes) is 1. The van der Waals surface area contributed by atoms with E-state index in [0.29, 0.717) is 37.3 Å². The molecule has 1 aromatic rings. The minimum absolute atomic E-state index is 0.145. The topological polar surface area (TPSA) is 104 Å². The number of alkyl halides is 3. The molecule has 1 saturated carbocycles. The van der Waals surface area contributed by atoms with Crippen LogP contribution in [0.5, 0.6) is 0 Å². The van der Waals surface area contributed by atoms with Crippen LogP contribution in [0.4, 0.5) is 17.6 Å². The Morgan fingerprint density at radius 3 is 2.34 bits per heavy atom. The number of hydrogen-bond donors (Lipinski definition) is 3. The quantitative estimate of drug-likeness (QED) is 0.220. The molecule has 1 atom stereocenters. The zero-order valence-electron chi connectivity index (χ0n) is 22.0. The number of benzene rings is 1. The highest BCUT2D eigenvalue weighted by atomic mass is 32.2. The molecule has 0 saturated heterocycles. The third-order valence-corrected chi connectivity index (χ3v) is 8.11. The van der Waals surface area contributed by atoms with E-state index in [1.54, 1.807) is 0 Å². The van der Waals surface area contributed by atoms with Crippen molar-refractivity contribution in [3.05, 3.63) is 29.6 Å². The molecule has 1 aliphatic carbocycles. The maximum absolute atomic E-state index is 13.3. The van der Waals surface area contributed by atoms with E-state index < -0.39 is 38.5 Å². The van der Waals surface area contributed by atoms with Gasteiger partial charge in [0.2, 0.25) is 21.8 Å². The summed E-state index contributed by atoms with van der Waals surface area (Å²) in [4.78, 5) is 24.1. The standard InChI is InChI=1S/C26H39F4N3O4S/c1-18(2)16-22(33-24(34)13-10-19-8-4-3-5-9-19)25(35)31-14-6-7-15-32-38(36,37)23-12-11-20(27)17-21(23)26(28,29)30/h11-12,17-19,22,32H,3-10,13-16H2,1-2H3,(H,31,35)(H,33,34)/t22-/m0/s1. The predicted molar refractivity (Wildman–Crippen MR) is 136 cm³/mol. The van der Waals surface area contributed by atoms with Crippen molar-refractivity contribution in [2.45, 2.75) is 95.2 Å². The summed E-state index contributed by atoms with van der Waals surface area (Å²) in [6, 6.07) is 0.708. The minimum Gasteiger partial charge on any atom is -0.354 e. The summed E-state index contributed by atoms with van der Waals surface area (Å²) < 4.78 is 79.5. The van der Waals surface area contributed by atoms with Gasteiger partial charge in [0.25, 0.3) is 0 Å². The van der Waals surface area contributed by atoms with Gasteiger partial charge >= 0.3 is 6.18 Å². The molecule has 12 heteroatoms. The minimum atomic E-state index is -5.03. The third kappa shape index (κ3) is 10.9. The van der Waals surface area contributed by atoms with Gasteiger partial charge < -0.3 is 10.6 Å². The van der Waals surface area contributed by atoms with Gasteiger partial charge in [0.1, 0.15) is 11.9 Å². The molecule has 0 aromatic heterocycles. The van der Waals surface area contributed by atoms with E-state index in [4.69, 9.17) is 0 Å². The first kappa shape index (κ1) is 32.0. The zero-order valence-corrected chi connectivity index (χ0v) is 22.8. The Bertz CT molecular complexity index is 1030. The lowest BCUT2D eigenvalue weighted by molar-refractivity contribution is -0.140. The molecule has 2 rings (SSSR count). The van der Waals surface area contributed by atoms with Crippen LogP contribution in [-0.4, -0.2) is 39.4 Å². The third-order valence-electron chi connectivity index (χ3n) is 6.59. The number of sulfonamides is 1. The van der Waals surface area contributed by atoms with Crippen LogP contribution in [-0.2, 0) is 25.8 Å². The highest BCUT2D eigenvalue weighted by molar-refractivity contribution is 7.89. The summed E-state index contributed by atoms with van der Waals surface area (Å²) in [6.45, 7) is 3.94. The molecule has 1 aromatic carbocycles. The lowest BCUT2D eigenvalue weighted by Crippen LogP contribution is -2.47. The average molecular weight is 566 g/mol. The van der Waals surface area contributed by atoms with Crippen molar-refractivity contribution in [3.63, 3.8) is 0 Å². The first-order valence-electron chi connectivity index (χ1n) is 13.2. The smallest absolute Gasteiger partial charge is 0.354 e. The molecule has 0 unspecified atom stereocenters. The highest BCUT2D eigenvalue weighted by Gasteiger charge is 2.37. The Kier molecular flexibility index (Phi) is 12.5. The normalized spacial score (nSPS) is 15.9. The Balaban J connectivity index is 1.78. The predicted octanol–water partition coefficient (Wildman–Crippen LogP) is 4.91. The molecule has 0 heterocycles. The zero-order chi connectivity index (χ0) is 28.3. The molecule has 0 bridgehead atoms. The summed E-state index contributed by atoms with van der Waals surface area (Å²) in [5.74, 6) is -0.932. The Labute approximate surface area is 222 Å². The Morgan fingerprint density at radius 2 is 1.71 bits per heavy atom. The monoisotopic (exact) mass is 565 g/mol. The Hall–Kier alpha value is -2.21. The first-order valence-corrected chi connectivity index (χ1v) is 14.7. The van der Waals surface area contributed by atoms with E-state index in [9.17, 15) is 35.6 Å². The van der Waals surface area contributed by atoms with E-state index in [1.165, 1.54) is 19.3 Å². The number of nitrogens with one attached hydrogen (secondary N) is 3. The number of halogens is 4. The number of carbonyl (C=O) groups is 2. The van der Waals surface area contributed by atoms with Gasteiger partial charge in [-0.25, -0.2) is 17.5 Å². The molecule has 1 aliphatic rings. The maximum Gasteiger partial charge on any atom is 0.417 e. The fourth-order valence-corrected chi connectivity index (χ4v) is 5.89. The van der Waals surface area contributed by atoms with E-state index >= 15 is 0 Å². The molecule has 216 valence electrons. The van der Waals surface area contributed by atoms with Crippen LogP contribution >= 0.6 is 0 Å². The summed E-state index contributed by atoms with van der Waals surface area (Å²) in [7, 11) is -4.52. The van der Waals surface area contributed by atoms with E-state index in [1.807, 2.05) is 13.8 Å². The van der Waals surface area contributed by atoms with Crippen LogP contribution in [0.25, 0.3) is 0 Å². The van der Waals surface area contributed by atoms with Gasteiger partial charge in [0.15, 0.2) is 0 Å². The molecule has 2 amide bonds. The molecular formula is C26H39F4N3O4S. The van der Waals surface area contributed by atoms with Gasteiger partial charge in [0.05, 0.1) is 10.5 Å².